The molecule has 0 saturated heterocycles. The van der Waals surface area contributed by atoms with Crippen molar-refractivity contribution in [2.45, 2.75) is 26.0 Å². The summed E-state index contributed by atoms with van der Waals surface area (Å²) in [5, 5.41) is 11.2. The molecular formula is C21H23N3O2. The highest BCUT2D eigenvalue weighted by Gasteiger charge is 2.18. The molecule has 2 heterocycles. The van der Waals surface area contributed by atoms with Crippen LogP contribution in [0.4, 0.5) is 5.69 Å². The first-order valence-corrected chi connectivity index (χ1v) is 8.89. The van der Waals surface area contributed by atoms with Gasteiger partial charge >= 0.3 is 0 Å². The minimum Gasteiger partial charge on any atom is -0.497 e. The fraction of sp³-hybridized carbons (Fsp3) is 0.286. The normalized spacial score (nSPS) is 14.5. The average Bonchev–Trinajstić information content (AvgIpc) is 3.12. The zero-order valence-electron chi connectivity index (χ0n) is 15.1. The Morgan fingerprint density at radius 3 is 2.96 bits per heavy atom. The topological polar surface area (TPSA) is 59.2 Å². The Morgan fingerprint density at radius 2 is 2.08 bits per heavy atom. The van der Waals surface area contributed by atoms with Crippen molar-refractivity contribution in [2.75, 3.05) is 19.0 Å². The number of aromatic amines is 1. The Balaban J connectivity index is 1.57. The third kappa shape index (κ3) is 3.30. The Kier molecular flexibility index (Phi) is 4.63. The maximum atomic E-state index is 5.60. The number of rotatable bonds is 5. The van der Waals surface area contributed by atoms with Gasteiger partial charge in [0.2, 0.25) is 0 Å². The van der Waals surface area contributed by atoms with E-state index in [2.05, 4.69) is 58.8 Å². The number of ether oxygens (including phenoxy) is 2. The summed E-state index contributed by atoms with van der Waals surface area (Å²) in [6.07, 6.45) is 0.896. The summed E-state index contributed by atoms with van der Waals surface area (Å²) >= 11 is 0. The molecule has 4 rings (SSSR count). The van der Waals surface area contributed by atoms with Gasteiger partial charge in [-0.05, 0) is 36.8 Å². The van der Waals surface area contributed by atoms with Crippen LogP contribution in [0.5, 0.6) is 5.75 Å². The van der Waals surface area contributed by atoms with Crippen molar-refractivity contribution in [1.82, 2.24) is 10.2 Å². The van der Waals surface area contributed by atoms with Gasteiger partial charge in [0, 0.05) is 35.0 Å². The maximum absolute atomic E-state index is 5.60. The second kappa shape index (κ2) is 7.22. The molecule has 1 aliphatic rings. The highest BCUT2D eigenvalue weighted by Crippen LogP contribution is 2.30. The lowest BCUT2D eigenvalue weighted by Crippen LogP contribution is -2.09. The van der Waals surface area contributed by atoms with Gasteiger partial charge in [0.1, 0.15) is 5.75 Å². The second-order valence-corrected chi connectivity index (χ2v) is 6.56. The van der Waals surface area contributed by atoms with Gasteiger partial charge in [-0.2, -0.15) is 5.10 Å². The molecule has 1 aromatic heterocycles. The third-order valence-electron chi connectivity index (χ3n) is 4.81. The van der Waals surface area contributed by atoms with E-state index in [1.54, 1.807) is 7.11 Å². The van der Waals surface area contributed by atoms with Gasteiger partial charge in [-0.15, -0.1) is 0 Å². The van der Waals surface area contributed by atoms with Gasteiger partial charge in [-0.1, -0.05) is 24.3 Å². The van der Waals surface area contributed by atoms with E-state index in [4.69, 9.17) is 9.47 Å². The largest absolute Gasteiger partial charge is 0.497 e. The van der Waals surface area contributed by atoms with E-state index in [0.717, 1.165) is 35.7 Å². The molecular weight excluding hydrogens is 326 g/mol. The fourth-order valence-electron chi connectivity index (χ4n) is 3.35. The number of nitrogens with zero attached hydrogens (tertiary/aromatic N) is 1. The van der Waals surface area contributed by atoms with Crippen LogP contribution in [0, 0.1) is 0 Å². The molecule has 0 amide bonds. The van der Waals surface area contributed by atoms with Gasteiger partial charge in [0.15, 0.2) is 0 Å². The Hall–Kier alpha value is -2.79. The molecule has 2 aromatic carbocycles. The summed E-state index contributed by atoms with van der Waals surface area (Å²) in [6.45, 7) is 3.53. The Labute approximate surface area is 153 Å². The van der Waals surface area contributed by atoms with E-state index in [9.17, 15) is 0 Å². The minimum absolute atomic E-state index is 0.164. The van der Waals surface area contributed by atoms with Gasteiger partial charge in [-0.25, -0.2) is 0 Å². The molecule has 0 bridgehead atoms. The molecule has 0 radical (unpaired) electrons. The number of nitrogens with one attached hydrogen (secondary N) is 2. The van der Waals surface area contributed by atoms with E-state index in [1.807, 2.05) is 12.1 Å². The zero-order valence-corrected chi connectivity index (χ0v) is 15.1. The summed E-state index contributed by atoms with van der Waals surface area (Å²) in [6, 6.07) is 16.7. The molecule has 0 saturated carbocycles. The number of fused-ring (bicyclic) bond motifs is 1. The third-order valence-corrected chi connectivity index (χ3v) is 4.81. The first-order valence-electron chi connectivity index (χ1n) is 8.89. The molecule has 2 N–H and O–H groups in total. The predicted molar refractivity (Wildman–Crippen MR) is 102 cm³/mol. The van der Waals surface area contributed by atoms with Crippen LogP contribution < -0.4 is 10.1 Å². The summed E-state index contributed by atoms with van der Waals surface area (Å²) in [7, 11) is 1.69. The highest BCUT2D eigenvalue weighted by molar-refractivity contribution is 5.68. The van der Waals surface area contributed by atoms with E-state index >= 15 is 0 Å². The van der Waals surface area contributed by atoms with E-state index in [0.29, 0.717) is 6.61 Å². The van der Waals surface area contributed by atoms with Crippen molar-refractivity contribution in [3.63, 3.8) is 0 Å². The van der Waals surface area contributed by atoms with Crippen LogP contribution >= 0.6 is 0 Å². The molecule has 1 atom stereocenters. The molecule has 134 valence electrons. The van der Waals surface area contributed by atoms with Crippen LogP contribution in [0.2, 0.25) is 0 Å². The highest BCUT2D eigenvalue weighted by atomic mass is 16.5. The Bertz CT molecular complexity index is 904. The summed E-state index contributed by atoms with van der Waals surface area (Å²) in [4.78, 5) is 0. The lowest BCUT2D eigenvalue weighted by Gasteiger charge is -2.17. The average molecular weight is 349 g/mol. The van der Waals surface area contributed by atoms with Crippen LogP contribution in [0.15, 0.2) is 48.5 Å². The zero-order chi connectivity index (χ0) is 17.9. The molecule has 0 spiro atoms. The summed E-state index contributed by atoms with van der Waals surface area (Å²) in [5.74, 6) is 0.869. The predicted octanol–water partition coefficient (Wildman–Crippen LogP) is 4.33. The van der Waals surface area contributed by atoms with E-state index < -0.39 is 0 Å². The second-order valence-electron chi connectivity index (χ2n) is 6.56. The van der Waals surface area contributed by atoms with Gasteiger partial charge < -0.3 is 14.8 Å². The number of hydrogen-bond donors (Lipinski definition) is 2. The van der Waals surface area contributed by atoms with Gasteiger partial charge in [-0.3, -0.25) is 5.10 Å². The van der Waals surface area contributed by atoms with Crippen LogP contribution in [0.25, 0.3) is 11.3 Å². The monoisotopic (exact) mass is 349 g/mol. The maximum Gasteiger partial charge on any atom is 0.119 e. The summed E-state index contributed by atoms with van der Waals surface area (Å²) in [5.41, 5.74) is 6.68. The number of anilines is 1. The van der Waals surface area contributed by atoms with Gasteiger partial charge in [0.25, 0.3) is 0 Å². The van der Waals surface area contributed by atoms with Crippen molar-refractivity contribution in [1.29, 1.82) is 0 Å². The van der Waals surface area contributed by atoms with Crippen molar-refractivity contribution in [2.24, 2.45) is 0 Å². The standard InChI is InChI=1S/C21H23N3O2/c1-14(15-5-4-8-18(12-15)25-2)22-17-7-3-6-16(11-17)21-19-13-26-10-9-20(19)23-24-21/h3-8,11-12,14,22H,9-10,13H2,1-2H3,(H,23,24). The fourth-order valence-corrected chi connectivity index (χ4v) is 3.35. The number of hydrogen-bond acceptors (Lipinski definition) is 4. The lowest BCUT2D eigenvalue weighted by molar-refractivity contribution is 0.110. The molecule has 0 aliphatic carbocycles. The van der Waals surface area contributed by atoms with Crippen molar-refractivity contribution < 1.29 is 9.47 Å². The number of methoxy groups -OCH3 is 1. The van der Waals surface area contributed by atoms with E-state index in [1.165, 1.54) is 16.8 Å². The van der Waals surface area contributed by atoms with Crippen molar-refractivity contribution >= 4 is 5.69 Å². The van der Waals surface area contributed by atoms with Crippen LogP contribution in [-0.2, 0) is 17.8 Å². The smallest absolute Gasteiger partial charge is 0.119 e. The van der Waals surface area contributed by atoms with Crippen molar-refractivity contribution in [3.8, 4) is 17.0 Å². The molecule has 3 aromatic rings. The quantitative estimate of drug-likeness (QED) is 0.720. The first-order chi connectivity index (χ1) is 12.7. The van der Waals surface area contributed by atoms with Crippen molar-refractivity contribution in [3.05, 3.63) is 65.4 Å². The summed E-state index contributed by atoms with van der Waals surface area (Å²) < 4.78 is 10.9. The molecule has 1 aliphatic heterocycles. The Morgan fingerprint density at radius 1 is 1.19 bits per heavy atom. The molecule has 0 fully saturated rings. The number of benzene rings is 2. The minimum atomic E-state index is 0.164. The molecule has 1 unspecified atom stereocenters. The van der Waals surface area contributed by atoms with Crippen LogP contribution in [-0.4, -0.2) is 23.9 Å². The first kappa shape index (κ1) is 16.7. The molecule has 5 heteroatoms. The van der Waals surface area contributed by atoms with Crippen LogP contribution in [0.3, 0.4) is 0 Å². The van der Waals surface area contributed by atoms with Crippen LogP contribution in [0.1, 0.15) is 29.8 Å². The SMILES string of the molecule is COc1cccc(C(C)Nc2cccc(-c3n[nH]c4c3COCC4)c2)c1. The van der Waals surface area contributed by atoms with E-state index in [-0.39, 0.29) is 6.04 Å². The van der Waals surface area contributed by atoms with Gasteiger partial charge in [0.05, 0.1) is 26.0 Å². The molecule has 26 heavy (non-hydrogen) atoms. The number of H-pyrrole nitrogens is 1. The molecule has 5 nitrogen and oxygen atoms in total. The lowest BCUT2D eigenvalue weighted by atomic mass is 10.0. The number of aromatic nitrogens is 2.